The summed E-state index contributed by atoms with van der Waals surface area (Å²) in [5.74, 6) is -0.185. The Morgan fingerprint density at radius 3 is 2.40 bits per heavy atom. The molecule has 4 nitrogen and oxygen atoms in total. The van der Waals surface area contributed by atoms with Crippen LogP contribution in [0.25, 0.3) is 0 Å². The highest BCUT2D eigenvalue weighted by Crippen LogP contribution is 2.11. The molecule has 0 fully saturated rings. The minimum Gasteiger partial charge on any atom is -0.348 e. The predicted molar refractivity (Wildman–Crippen MR) is 77.2 cm³/mol. The van der Waals surface area contributed by atoms with Gasteiger partial charge in [-0.2, -0.15) is 0 Å². The van der Waals surface area contributed by atoms with Crippen molar-refractivity contribution < 1.29 is 13.2 Å². The highest BCUT2D eigenvalue weighted by atomic mass is 32.2. The molecule has 0 unspecified atom stereocenters. The summed E-state index contributed by atoms with van der Waals surface area (Å²) in [6.45, 7) is 0.289. The molecule has 0 aromatic heterocycles. The van der Waals surface area contributed by atoms with E-state index in [0.717, 1.165) is 11.8 Å². The van der Waals surface area contributed by atoms with Crippen LogP contribution in [0.1, 0.15) is 15.9 Å². The molecule has 2 rings (SSSR count). The van der Waals surface area contributed by atoms with Crippen LogP contribution >= 0.6 is 0 Å². The second kappa shape index (κ2) is 5.88. The number of carbonyl (C=O) groups is 1. The molecule has 0 aliphatic heterocycles. The van der Waals surface area contributed by atoms with Crippen molar-refractivity contribution in [3.63, 3.8) is 0 Å². The van der Waals surface area contributed by atoms with Crippen molar-refractivity contribution in [2.24, 2.45) is 0 Å². The molecule has 20 heavy (non-hydrogen) atoms. The molecular weight excluding hydrogens is 274 g/mol. The normalized spacial score (nSPS) is 11.1. The molecule has 2 aromatic rings. The zero-order valence-electron chi connectivity index (χ0n) is 11.0. The van der Waals surface area contributed by atoms with Gasteiger partial charge in [0.25, 0.3) is 5.91 Å². The second-order valence-electron chi connectivity index (χ2n) is 4.47. The van der Waals surface area contributed by atoms with Crippen molar-refractivity contribution in [3.05, 3.63) is 65.7 Å². The van der Waals surface area contributed by atoms with Crippen molar-refractivity contribution in [2.75, 3.05) is 6.26 Å². The maximum atomic E-state index is 11.9. The van der Waals surface area contributed by atoms with E-state index < -0.39 is 9.84 Å². The summed E-state index contributed by atoms with van der Waals surface area (Å²) in [4.78, 5) is 12.1. The van der Waals surface area contributed by atoms with Crippen LogP contribution in [0, 0.1) is 0 Å². The van der Waals surface area contributed by atoms with Gasteiger partial charge in [0.15, 0.2) is 9.84 Å². The Kier molecular flexibility index (Phi) is 4.20. The predicted octanol–water partition coefficient (Wildman–Crippen LogP) is 2.02. The minimum absolute atomic E-state index is 0.185. The number of hydrogen-bond donors (Lipinski definition) is 1. The van der Waals surface area contributed by atoms with Gasteiger partial charge >= 0.3 is 0 Å². The van der Waals surface area contributed by atoms with Crippen molar-refractivity contribution in [1.29, 1.82) is 0 Å². The fourth-order valence-electron chi connectivity index (χ4n) is 1.76. The maximum Gasteiger partial charge on any atom is 0.251 e. The van der Waals surface area contributed by atoms with E-state index >= 15 is 0 Å². The average Bonchev–Trinajstić information content (AvgIpc) is 2.45. The van der Waals surface area contributed by atoms with Crippen LogP contribution in [0.3, 0.4) is 0 Å². The summed E-state index contributed by atoms with van der Waals surface area (Å²) in [5.41, 5.74) is 1.32. The van der Waals surface area contributed by atoms with Gasteiger partial charge < -0.3 is 5.32 Å². The summed E-state index contributed by atoms with van der Waals surface area (Å²) in [6.07, 6.45) is 1.16. The topological polar surface area (TPSA) is 63.2 Å². The molecular formula is C15H15NO3S. The Hall–Kier alpha value is -2.14. The molecule has 0 aliphatic rings. The third-order valence-corrected chi connectivity index (χ3v) is 3.93. The highest BCUT2D eigenvalue weighted by molar-refractivity contribution is 7.90. The molecule has 1 N–H and O–H groups in total. The number of nitrogens with one attached hydrogen (secondary N) is 1. The molecule has 2 aromatic carbocycles. The zero-order chi connectivity index (χ0) is 14.6. The molecule has 0 bridgehead atoms. The lowest BCUT2D eigenvalue weighted by Gasteiger charge is -2.06. The zero-order valence-corrected chi connectivity index (χ0v) is 11.9. The lowest BCUT2D eigenvalue weighted by Crippen LogP contribution is -2.22. The Morgan fingerprint density at radius 2 is 1.75 bits per heavy atom. The average molecular weight is 289 g/mol. The molecule has 0 atom stereocenters. The summed E-state index contributed by atoms with van der Waals surface area (Å²) in [5, 5.41) is 2.76. The molecule has 0 saturated carbocycles. The van der Waals surface area contributed by atoms with Gasteiger partial charge in [-0.05, 0) is 29.8 Å². The molecule has 0 aliphatic carbocycles. The van der Waals surface area contributed by atoms with Crippen LogP contribution in [0.2, 0.25) is 0 Å². The third kappa shape index (κ3) is 3.68. The number of hydrogen-bond acceptors (Lipinski definition) is 3. The standard InChI is InChI=1S/C15H15NO3S/c1-20(18,19)14-9-5-6-12(10-14)11-16-15(17)13-7-3-2-4-8-13/h2-10H,11H2,1H3,(H,16,17). The smallest absolute Gasteiger partial charge is 0.251 e. The SMILES string of the molecule is CS(=O)(=O)c1cccc(CNC(=O)c2ccccc2)c1. The van der Waals surface area contributed by atoms with Crippen molar-refractivity contribution in [2.45, 2.75) is 11.4 Å². The van der Waals surface area contributed by atoms with Gasteiger partial charge in [-0.3, -0.25) is 4.79 Å². The number of carbonyl (C=O) groups excluding carboxylic acids is 1. The Bertz CT molecular complexity index is 709. The minimum atomic E-state index is -3.23. The van der Waals surface area contributed by atoms with Gasteiger partial charge in [-0.15, -0.1) is 0 Å². The Balaban J connectivity index is 2.07. The lowest BCUT2D eigenvalue weighted by atomic mass is 10.2. The molecule has 104 valence electrons. The Labute approximate surface area is 118 Å². The molecule has 5 heteroatoms. The summed E-state index contributed by atoms with van der Waals surface area (Å²) < 4.78 is 22.9. The summed E-state index contributed by atoms with van der Waals surface area (Å²) in [6, 6.07) is 15.4. The van der Waals surface area contributed by atoms with Crippen molar-refractivity contribution in [1.82, 2.24) is 5.32 Å². The number of sulfone groups is 1. The fraction of sp³-hybridized carbons (Fsp3) is 0.133. The quantitative estimate of drug-likeness (QED) is 0.936. The first-order valence-electron chi connectivity index (χ1n) is 6.09. The van der Waals surface area contributed by atoms with Gasteiger partial charge in [0.1, 0.15) is 0 Å². The van der Waals surface area contributed by atoms with Crippen molar-refractivity contribution >= 4 is 15.7 Å². The second-order valence-corrected chi connectivity index (χ2v) is 6.48. The fourth-order valence-corrected chi connectivity index (χ4v) is 2.45. The van der Waals surface area contributed by atoms with E-state index in [9.17, 15) is 13.2 Å². The van der Waals surface area contributed by atoms with Crippen LogP contribution in [0.15, 0.2) is 59.5 Å². The number of benzene rings is 2. The van der Waals surface area contributed by atoms with Crippen LogP contribution in [-0.2, 0) is 16.4 Å². The first-order valence-corrected chi connectivity index (χ1v) is 7.98. The van der Waals surface area contributed by atoms with Crippen LogP contribution in [-0.4, -0.2) is 20.6 Å². The van der Waals surface area contributed by atoms with E-state index in [2.05, 4.69) is 5.32 Å². The monoisotopic (exact) mass is 289 g/mol. The molecule has 0 radical (unpaired) electrons. The molecule has 1 amide bonds. The van der Waals surface area contributed by atoms with Gasteiger partial charge in [-0.25, -0.2) is 8.42 Å². The maximum absolute atomic E-state index is 11.9. The van der Waals surface area contributed by atoms with Crippen LogP contribution in [0.4, 0.5) is 0 Å². The van der Waals surface area contributed by atoms with Crippen LogP contribution < -0.4 is 5.32 Å². The van der Waals surface area contributed by atoms with Gasteiger partial charge in [0.2, 0.25) is 0 Å². The van der Waals surface area contributed by atoms with E-state index in [0.29, 0.717) is 5.56 Å². The van der Waals surface area contributed by atoms with Gasteiger partial charge in [-0.1, -0.05) is 30.3 Å². The third-order valence-electron chi connectivity index (χ3n) is 2.82. The van der Waals surface area contributed by atoms with E-state index in [-0.39, 0.29) is 17.3 Å². The first kappa shape index (κ1) is 14.3. The van der Waals surface area contributed by atoms with Gasteiger partial charge in [0.05, 0.1) is 4.90 Å². The first-order chi connectivity index (χ1) is 9.47. The van der Waals surface area contributed by atoms with E-state index in [1.165, 1.54) is 6.07 Å². The number of amides is 1. The van der Waals surface area contributed by atoms with E-state index in [1.807, 2.05) is 6.07 Å². The summed E-state index contributed by atoms with van der Waals surface area (Å²) in [7, 11) is -3.23. The lowest BCUT2D eigenvalue weighted by molar-refractivity contribution is 0.0951. The van der Waals surface area contributed by atoms with E-state index in [4.69, 9.17) is 0 Å². The number of rotatable bonds is 4. The molecule has 0 saturated heterocycles. The van der Waals surface area contributed by atoms with Crippen molar-refractivity contribution in [3.8, 4) is 0 Å². The Morgan fingerprint density at radius 1 is 1.05 bits per heavy atom. The molecule has 0 spiro atoms. The van der Waals surface area contributed by atoms with Crippen LogP contribution in [0.5, 0.6) is 0 Å². The summed E-state index contributed by atoms with van der Waals surface area (Å²) >= 11 is 0. The largest absolute Gasteiger partial charge is 0.348 e. The van der Waals surface area contributed by atoms with E-state index in [1.54, 1.807) is 42.5 Å². The van der Waals surface area contributed by atoms with Gasteiger partial charge in [0, 0.05) is 18.4 Å². The highest BCUT2D eigenvalue weighted by Gasteiger charge is 2.08. The molecule has 0 heterocycles.